The minimum absolute atomic E-state index is 0.0447. The second-order valence-electron chi connectivity index (χ2n) is 5.75. The number of rotatable bonds is 2. The van der Waals surface area contributed by atoms with Gasteiger partial charge in [-0.3, -0.25) is 0 Å². The topological polar surface area (TPSA) is 50.3 Å². The highest BCUT2D eigenvalue weighted by Gasteiger charge is 2.36. The summed E-state index contributed by atoms with van der Waals surface area (Å²) in [6, 6.07) is 0.981. The first-order valence-electron chi connectivity index (χ1n) is 6.67. The molecule has 1 fully saturated rings. The van der Waals surface area contributed by atoms with Crippen LogP contribution >= 0.6 is 0 Å². The van der Waals surface area contributed by atoms with Gasteiger partial charge in [0, 0.05) is 26.2 Å². The maximum absolute atomic E-state index is 12.9. The number of hydrogen-bond acceptors (Lipinski definition) is 5. The van der Waals surface area contributed by atoms with Crippen LogP contribution in [-0.4, -0.2) is 41.8 Å². The van der Waals surface area contributed by atoms with Gasteiger partial charge >= 0.3 is 6.18 Å². The largest absolute Gasteiger partial charge is 0.433 e. The van der Waals surface area contributed by atoms with Crippen LogP contribution in [0.4, 0.5) is 24.9 Å². The molecule has 118 valence electrons. The Balaban J connectivity index is 2.38. The summed E-state index contributed by atoms with van der Waals surface area (Å²) in [5, 5.41) is 2.57. The highest BCUT2D eigenvalue weighted by molar-refractivity contribution is 5.46. The van der Waals surface area contributed by atoms with Gasteiger partial charge in [0.15, 0.2) is 5.69 Å². The zero-order chi connectivity index (χ0) is 15.8. The van der Waals surface area contributed by atoms with Gasteiger partial charge < -0.3 is 15.0 Å². The maximum atomic E-state index is 12.9. The fraction of sp³-hybridized carbons (Fsp3) is 0.692. The number of alkyl halides is 3. The molecule has 0 spiro atoms. The van der Waals surface area contributed by atoms with E-state index in [4.69, 9.17) is 4.74 Å². The number of morpholine rings is 1. The van der Waals surface area contributed by atoms with Crippen molar-refractivity contribution in [3.63, 3.8) is 0 Å². The second-order valence-corrected chi connectivity index (χ2v) is 5.75. The van der Waals surface area contributed by atoms with Gasteiger partial charge in [0.1, 0.15) is 5.82 Å². The Morgan fingerprint density at radius 3 is 2.57 bits per heavy atom. The molecule has 8 heteroatoms. The van der Waals surface area contributed by atoms with E-state index in [1.54, 1.807) is 4.90 Å². The first-order chi connectivity index (χ1) is 9.60. The van der Waals surface area contributed by atoms with E-state index in [1.807, 2.05) is 20.8 Å². The van der Waals surface area contributed by atoms with Gasteiger partial charge in [-0.2, -0.15) is 18.2 Å². The van der Waals surface area contributed by atoms with Crippen LogP contribution in [0.25, 0.3) is 0 Å². The third-order valence-electron chi connectivity index (χ3n) is 3.12. The van der Waals surface area contributed by atoms with E-state index >= 15 is 0 Å². The van der Waals surface area contributed by atoms with E-state index in [-0.39, 0.29) is 17.9 Å². The minimum atomic E-state index is -4.50. The molecule has 0 aliphatic carbocycles. The normalized spacial score (nSPS) is 22.2. The predicted octanol–water partition coefficient (Wildman–Crippen LogP) is 2.54. The fourth-order valence-electron chi connectivity index (χ4n) is 2.48. The molecule has 0 saturated carbocycles. The molecule has 1 unspecified atom stereocenters. The Kier molecular flexibility index (Phi) is 4.01. The average Bonchev–Trinajstić information content (AvgIpc) is 2.34. The average molecular weight is 304 g/mol. The van der Waals surface area contributed by atoms with Gasteiger partial charge in [-0.05, 0) is 20.8 Å². The van der Waals surface area contributed by atoms with Crippen molar-refractivity contribution in [1.82, 2.24) is 9.97 Å². The lowest BCUT2D eigenvalue weighted by Gasteiger charge is -2.42. The van der Waals surface area contributed by atoms with E-state index in [1.165, 1.54) is 7.05 Å². The van der Waals surface area contributed by atoms with Crippen LogP contribution in [-0.2, 0) is 10.9 Å². The van der Waals surface area contributed by atoms with E-state index in [2.05, 4.69) is 15.3 Å². The Hall–Kier alpha value is -1.57. The maximum Gasteiger partial charge on any atom is 0.433 e. The van der Waals surface area contributed by atoms with Gasteiger partial charge in [0.2, 0.25) is 5.95 Å². The summed E-state index contributed by atoms with van der Waals surface area (Å²) in [5.74, 6) is 0.210. The smallest absolute Gasteiger partial charge is 0.369 e. The first kappa shape index (κ1) is 15.8. The predicted molar refractivity (Wildman–Crippen MR) is 73.4 cm³/mol. The zero-order valence-corrected chi connectivity index (χ0v) is 12.5. The molecule has 1 saturated heterocycles. The summed E-state index contributed by atoms with van der Waals surface area (Å²) < 4.78 is 44.5. The quantitative estimate of drug-likeness (QED) is 0.910. The molecule has 1 aromatic rings. The van der Waals surface area contributed by atoms with Gasteiger partial charge in [0.05, 0.1) is 11.7 Å². The molecule has 1 atom stereocenters. The van der Waals surface area contributed by atoms with Crippen molar-refractivity contribution in [3.05, 3.63) is 11.8 Å². The minimum Gasteiger partial charge on any atom is -0.369 e. The number of halogens is 3. The SMILES string of the molecule is CNc1nc(N2CC(C)OC(C)(C)C2)cc(C(F)(F)F)n1. The van der Waals surface area contributed by atoms with Crippen LogP contribution < -0.4 is 10.2 Å². The van der Waals surface area contributed by atoms with E-state index < -0.39 is 17.5 Å². The van der Waals surface area contributed by atoms with Gasteiger partial charge in [-0.1, -0.05) is 0 Å². The molecule has 0 bridgehead atoms. The zero-order valence-electron chi connectivity index (χ0n) is 12.5. The highest BCUT2D eigenvalue weighted by atomic mass is 19.4. The Bertz CT molecular complexity index is 519. The second kappa shape index (κ2) is 5.32. The molecule has 0 aromatic carbocycles. The van der Waals surface area contributed by atoms with Crippen molar-refractivity contribution in [2.75, 3.05) is 30.4 Å². The Morgan fingerprint density at radius 1 is 1.38 bits per heavy atom. The van der Waals surface area contributed by atoms with Crippen molar-refractivity contribution in [1.29, 1.82) is 0 Å². The molecular weight excluding hydrogens is 285 g/mol. The van der Waals surface area contributed by atoms with Gasteiger partial charge in [-0.25, -0.2) is 4.98 Å². The lowest BCUT2D eigenvalue weighted by Crippen LogP contribution is -2.52. The number of anilines is 2. The number of nitrogens with one attached hydrogen (secondary N) is 1. The Labute approximate surface area is 121 Å². The van der Waals surface area contributed by atoms with E-state index in [0.29, 0.717) is 13.1 Å². The summed E-state index contributed by atoms with van der Waals surface area (Å²) in [6.07, 6.45) is -4.59. The van der Waals surface area contributed by atoms with Crippen LogP contribution in [0.15, 0.2) is 6.07 Å². The molecule has 2 rings (SSSR count). The molecule has 1 aliphatic rings. The molecule has 0 amide bonds. The van der Waals surface area contributed by atoms with Gasteiger partial charge in [0.25, 0.3) is 0 Å². The molecule has 1 N–H and O–H groups in total. The summed E-state index contributed by atoms with van der Waals surface area (Å²) in [4.78, 5) is 9.40. The van der Waals surface area contributed by atoms with Crippen LogP contribution in [0.3, 0.4) is 0 Å². The van der Waals surface area contributed by atoms with Crippen LogP contribution in [0, 0.1) is 0 Å². The number of hydrogen-bond donors (Lipinski definition) is 1. The summed E-state index contributed by atoms with van der Waals surface area (Å²) in [5.41, 5.74) is -1.39. The summed E-state index contributed by atoms with van der Waals surface area (Å²) >= 11 is 0. The highest BCUT2D eigenvalue weighted by Crippen LogP contribution is 2.32. The first-order valence-corrected chi connectivity index (χ1v) is 6.67. The third-order valence-corrected chi connectivity index (χ3v) is 3.12. The number of nitrogens with zero attached hydrogens (tertiary/aromatic N) is 3. The van der Waals surface area contributed by atoms with Crippen molar-refractivity contribution in [2.45, 2.75) is 38.7 Å². The standard InChI is InChI=1S/C13H19F3N4O/c1-8-6-20(7-12(2,3)21-8)10-5-9(13(14,15)16)18-11(17-4)19-10/h5,8H,6-7H2,1-4H3,(H,17,18,19). The number of aromatic nitrogens is 2. The van der Waals surface area contributed by atoms with Crippen LogP contribution in [0.2, 0.25) is 0 Å². The van der Waals surface area contributed by atoms with Crippen molar-refractivity contribution < 1.29 is 17.9 Å². The Morgan fingerprint density at radius 2 is 2.05 bits per heavy atom. The monoisotopic (exact) mass is 304 g/mol. The fourth-order valence-corrected chi connectivity index (χ4v) is 2.48. The number of ether oxygens (including phenoxy) is 1. The van der Waals surface area contributed by atoms with Crippen molar-refractivity contribution in [3.8, 4) is 0 Å². The lowest BCUT2D eigenvalue weighted by atomic mass is 10.1. The molecule has 0 radical (unpaired) electrons. The molecular formula is C13H19F3N4O. The summed E-state index contributed by atoms with van der Waals surface area (Å²) in [7, 11) is 1.49. The molecule has 5 nitrogen and oxygen atoms in total. The van der Waals surface area contributed by atoms with E-state index in [9.17, 15) is 13.2 Å². The van der Waals surface area contributed by atoms with Gasteiger partial charge in [-0.15, -0.1) is 0 Å². The molecule has 21 heavy (non-hydrogen) atoms. The third kappa shape index (κ3) is 3.75. The van der Waals surface area contributed by atoms with E-state index in [0.717, 1.165) is 6.07 Å². The van der Waals surface area contributed by atoms with Crippen molar-refractivity contribution >= 4 is 11.8 Å². The molecule has 1 aliphatic heterocycles. The lowest BCUT2D eigenvalue weighted by molar-refractivity contribution is -0.141. The van der Waals surface area contributed by atoms with Crippen LogP contribution in [0.1, 0.15) is 26.5 Å². The molecule has 1 aromatic heterocycles. The van der Waals surface area contributed by atoms with Crippen LogP contribution in [0.5, 0.6) is 0 Å². The van der Waals surface area contributed by atoms with Crippen molar-refractivity contribution in [2.24, 2.45) is 0 Å². The molecule has 2 heterocycles. The summed E-state index contributed by atoms with van der Waals surface area (Å²) in [6.45, 7) is 6.65.